The van der Waals surface area contributed by atoms with Crippen molar-refractivity contribution < 1.29 is 8.42 Å². The maximum absolute atomic E-state index is 11.1. The van der Waals surface area contributed by atoms with Crippen LogP contribution in [0.25, 0.3) is 0 Å². The third-order valence-electron chi connectivity index (χ3n) is 2.23. The minimum Gasteiger partial charge on any atom is -0.212 e. The van der Waals surface area contributed by atoms with E-state index in [4.69, 9.17) is 0 Å². The highest BCUT2D eigenvalue weighted by Crippen LogP contribution is 2.35. The normalized spacial score (nSPS) is 37.2. The van der Waals surface area contributed by atoms with Crippen LogP contribution in [0.1, 0.15) is 26.7 Å². The lowest BCUT2D eigenvalue weighted by atomic mass is 10.2. The van der Waals surface area contributed by atoms with E-state index in [1.165, 1.54) is 6.26 Å². The van der Waals surface area contributed by atoms with E-state index in [9.17, 15) is 8.42 Å². The van der Waals surface area contributed by atoms with Gasteiger partial charge in [-0.3, -0.25) is 0 Å². The van der Waals surface area contributed by atoms with Gasteiger partial charge in [0.1, 0.15) is 0 Å². The van der Waals surface area contributed by atoms with E-state index < -0.39 is 10.0 Å². The van der Waals surface area contributed by atoms with E-state index in [0.29, 0.717) is 0 Å². The fraction of sp³-hybridized carbons (Fsp3) is 1.00. The molecule has 2 unspecified atom stereocenters. The molecule has 0 aromatic carbocycles. The van der Waals surface area contributed by atoms with Crippen molar-refractivity contribution in [2.24, 2.45) is 0 Å². The summed E-state index contributed by atoms with van der Waals surface area (Å²) in [7, 11) is -2.92. The molecule has 0 radical (unpaired) electrons. The van der Waals surface area contributed by atoms with Gasteiger partial charge in [0.15, 0.2) is 0 Å². The van der Waals surface area contributed by atoms with Crippen molar-refractivity contribution in [1.82, 2.24) is 4.31 Å². The predicted molar refractivity (Wildman–Crippen MR) is 44.8 cm³/mol. The zero-order chi connectivity index (χ0) is 8.65. The van der Waals surface area contributed by atoms with Crippen molar-refractivity contribution in [1.29, 1.82) is 0 Å². The molecule has 11 heavy (non-hydrogen) atoms. The molecule has 1 rings (SSSR count). The van der Waals surface area contributed by atoms with Crippen LogP contribution < -0.4 is 0 Å². The molecule has 1 heterocycles. The average Bonchev–Trinajstić information content (AvgIpc) is 2.58. The molecular weight excluding hydrogens is 162 g/mol. The second-order valence-electron chi connectivity index (χ2n) is 3.04. The van der Waals surface area contributed by atoms with Gasteiger partial charge in [-0.05, 0) is 12.8 Å². The van der Waals surface area contributed by atoms with Crippen molar-refractivity contribution in [3.63, 3.8) is 0 Å². The lowest BCUT2D eigenvalue weighted by Crippen LogP contribution is -2.12. The van der Waals surface area contributed by atoms with Crippen molar-refractivity contribution in [2.45, 2.75) is 38.8 Å². The van der Waals surface area contributed by atoms with Crippen molar-refractivity contribution >= 4 is 10.0 Å². The van der Waals surface area contributed by atoms with Gasteiger partial charge in [-0.15, -0.1) is 0 Å². The summed E-state index contributed by atoms with van der Waals surface area (Å²) >= 11 is 0. The Morgan fingerprint density at radius 3 is 1.64 bits per heavy atom. The summed E-state index contributed by atoms with van der Waals surface area (Å²) in [6.07, 6.45) is 3.16. The topological polar surface area (TPSA) is 37.1 Å². The Hall–Kier alpha value is -0.0900. The van der Waals surface area contributed by atoms with Gasteiger partial charge < -0.3 is 0 Å². The second kappa shape index (κ2) is 2.75. The lowest BCUT2D eigenvalue weighted by Gasteiger charge is -1.96. The zero-order valence-corrected chi connectivity index (χ0v) is 8.06. The van der Waals surface area contributed by atoms with Gasteiger partial charge >= 0.3 is 0 Å². The second-order valence-corrected chi connectivity index (χ2v) is 4.93. The summed E-state index contributed by atoms with van der Waals surface area (Å²) in [6.45, 7) is 4.05. The summed E-state index contributed by atoms with van der Waals surface area (Å²) in [6, 6.07) is 0.574. The first-order valence-electron chi connectivity index (χ1n) is 4.00. The molecule has 0 amide bonds. The molecule has 0 N–H and O–H groups in total. The molecule has 0 aliphatic carbocycles. The van der Waals surface area contributed by atoms with E-state index >= 15 is 0 Å². The Balaban J connectivity index is 2.66. The first kappa shape index (κ1) is 9.00. The fourth-order valence-corrected chi connectivity index (χ4v) is 3.21. The Bertz CT molecular complexity index is 225. The summed E-state index contributed by atoms with van der Waals surface area (Å²) in [5.74, 6) is 0. The Morgan fingerprint density at radius 1 is 1.18 bits per heavy atom. The van der Waals surface area contributed by atoms with Crippen LogP contribution in [0.5, 0.6) is 0 Å². The van der Waals surface area contributed by atoms with Gasteiger partial charge in [-0.25, -0.2) is 8.42 Å². The highest BCUT2D eigenvalue weighted by Gasteiger charge is 2.50. The Kier molecular flexibility index (Phi) is 2.25. The molecular formula is C7H15NO2S. The molecule has 4 heteroatoms. The van der Waals surface area contributed by atoms with Crippen LogP contribution in [0.3, 0.4) is 0 Å². The minimum absolute atomic E-state index is 0.287. The Morgan fingerprint density at radius 2 is 1.55 bits per heavy atom. The van der Waals surface area contributed by atoms with Crippen LogP contribution in [0.2, 0.25) is 0 Å². The molecule has 0 aromatic heterocycles. The maximum Gasteiger partial charge on any atom is 0.211 e. The number of nitrogens with zero attached hydrogens (tertiary/aromatic N) is 1. The molecule has 3 nitrogen and oxygen atoms in total. The van der Waals surface area contributed by atoms with Crippen molar-refractivity contribution in [2.75, 3.05) is 6.26 Å². The van der Waals surface area contributed by atoms with E-state index in [-0.39, 0.29) is 12.1 Å². The van der Waals surface area contributed by atoms with E-state index in [0.717, 1.165) is 12.8 Å². The van der Waals surface area contributed by atoms with Crippen LogP contribution in [0.4, 0.5) is 0 Å². The van der Waals surface area contributed by atoms with Crippen LogP contribution in [0.15, 0.2) is 0 Å². The SMILES string of the molecule is CCC1C(CC)N1S(C)(=O)=O. The number of sulfonamides is 1. The lowest BCUT2D eigenvalue weighted by molar-refractivity contribution is 0.548. The highest BCUT2D eigenvalue weighted by atomic mass is 32.2. The van der Waals surface area contributed by atoms with Gasteiger partial charge in [0, 0.05) is 12.1 Å². The standard InChI is InChI=1S/C7H15NO2S/c1-4-6-7(5-2)8(6)11(3,9)10/h6-7H,4-5H2,1-3H3. The van der Waals surface area contributed by atoms with E-state index in [2.05, 4.69) is 0 Å². The molecule has 0 spiro atoms. The third-order valence-corrected chi connectivity index (χ3v) is 3.54. The highest BCUT2D eigenvalue weighted by molar-refractivity contribution is 7.88. The minimum atomic E-state index is -2.92. The maximum atomic E-state index is 11.1. The van der Waals surface area contributed by atoms with E-state index in [1.54, 1.807) is 4.31 Å². The molecule has 2 atom stereocenters. The van der Waals surface area contributed by atoms with Gasteiger partial charge in [0.05, 0.1) is 6.26 Å². The van der Waals surface area contributed by atoms with Gasteiger partial charge in [-0.2, -0.15) is 4.31 Å². The van der Waals surface area contributed by atoms with Crippen LogP contribution in [-0.2, 0) is 10.0 Å². The quantitative estimate of drug-likeness (QED) is 0.598. The molecule has 0 aromatic rings. The molecule has 66 valence electrons. The molecule has 1 aliphatic heterocycles. The van der Waals surface area contributed by atoms with Crippen molar-refractivity contribution in [3.8, 4) is 0 Å². The number of hydrogen-bond donors (Lipinski definition) is 0. The first-order chi connectivity index (χ1) is 5.02. The summed E-state index contributed by atoms with van der Waals surface area (Å²) in [5, 5.41) is 0. The zero-order valence-electron chi connectivity index (χ0n) is 7.24. The van der Waals surface area contributed by atoms with Gasteiger partial charge in [0.2, 0.25) is 10.0 Å². The van der Waals surface area contributed by atoms with Crippen LogP contribution >= 0.6 is 0 Å². The van der Waals surface area contributed by atoms with E-state index in [1.807, 2.05) is 13.8 Å². The predicted octanol–water partition coefficient (Wildman–Crippen LogP) is 0.819. The molecule has 0 saturated carbocycles. The number of rotatable bonds is 3. The van der Waals surface area contributed by atoms with Gasteiger partial charge in [-0.1, -0.05) is 13.8 Å². The van der Waals surface area contributed by atoms with Gasteiger partial charge in [0.25, 0.3) is 0 Å². The summed E-state index contributed by atoms with van der Waals surface area (Å²) in [4.78, 5) is 0. The van der Waals surface area contributed by atoms with Crippen LogP contribution in [-0.4, -0.2) is 31.1 Å². The molecule has 1 aliphatic rings. The Labute approximate surface area is 68.4 Å². The molecule has 1 saturated heterocycles. The third kappa shape index (κ3) is 1.56. The molecule has 1 fully saturated rings. The summed E-state index contributed by atoms with van der Waals surface area (Å²) in [5.41, 5.74) is 0. The average molecular weight is 177 g/mol. The molecule has 0 bridgehead atoms. The number of hydrogen-bond acceptors (Lipinski definition) is 2. The summed E-state index contributed by atoms with van der Waals surface area (Å²) < 4.78 is 23.7. The first-order valence-corrected chi connectivity index (χ1v) is 5.85. The fourth-order valence-electron chi connectivity index (χ4n) is 1.71. The smallest absolute Gasteiger partial charge is 0.211 e. The van der Waals surface area contributed by atoms with Crippen molar-refractivity contribution in [3.05, 3.63) is 0 Å². The largest absolute Gasteiger partial charge is 0.212 e. The monoisotopic (exact) mass is 177 g/mol. The van der Waals surface area contributed by atoms with Crippen LogP contribution in [0, 0.1) is 0 Å².